The number of aliphatic imine (C=N–C) groups is 1. The van der Waals surface area contributed by atoms with Crippen molar-refractivity contribution in [3.8, 4) is 0 Å². The van der Waals surface area contributed by atoms with Crippen molar-refractivity contribution in [3.63, 3.8) is 0 Å². The molecule has 1 unspecified atom stereocenters. The maximum atomic E-state index is 12.9. The minimum absolute atomic E-state index is 0.0981. The molecule has 0 aliphatic carbocycles. The standard InChI is InChI=1S/C22H29N6O4/c1-24-20-19(21(30)25(2)22(24)31)28(15-18(29)32-3)17(23-20)14-27-11-9-26(10-12-27)13-16-7-5-4-6-8-16/h4-8,19H,9-15H2,1-3H3/q+1. The first-order valence-electron chi connectivity index (χ1n) is 10.7. The number of amides is 3. The second-order valence-corrected chi connectivity index (χ2v) is 8.27. The Balaban J connectivity index is 1.48. The van der Waals surface area contributed by atoms with E-state index in [4.69, 9.17) is 4.74 Å². The molecule has 3 heterocycles. The number of likely N-dealkylation sites (N-methyl/N-ethyl adjacent to an activating group) is 2. The van der Waals surface area contributed by atoms with Crippen LogP contribution in [-0.2, 0) is 20.9 Å². The smallest absolute Gasteiger partial charge is 0.347 e. The summed E-state index contributed by atoms with van der Waals surface area (Å²) in [6, 6.07) is 9.17. The maximum absolute atomic E-state index is 12.9. The molecule has 0 spiro atoms. The number of rotatable bonds is 6. The van der Waals surface area contributed by atoms with Gasteiger partial charge in [0.15, 0.2) is 6.54 Å². The van der Waals surface area contributed by atoms with Gasteiger partial charge in [0.25, 0.3) is 17.8 Å². The zero-order chi connectivity index (χ0) is 22.8. The zero-order valence-corrected chi connectivity index (χ0v) is 18.7. The quantitative estimate of drug-likeness (QED) is 0.445. The van der Waals surface area contributed by atoms with Gasteiger partial charge in [-0.3, -0.25) is 24.4 Å². The second kappa shape index (κ2) is 9.17. The van der Waals surface area contributed by atoms with Gasteiger partial charge in [0, 0.05) is 46.8 Å². The number of hydrogen-bond donors (Lipinski definition) is 0. The predicted octanol–water partition coefficient (Wildman–Crippen LogP) is -0.307. The Morgan fingerprint density at radius 3 is 2.28 bits per heavy atom. The van der Waals surface area contributed by atoms with Crippen molar-refractivity contribution < 1.29 is 23.7 Å². The molecule has 4 rings (SSSR count). The molecule has 2 saturated heterocycles. The molecule has 1 atom stereocenters. The highest BCUT2D eigenvalue weighted by Crippen LogP contribution is 2.20. The van der Waals surface area contributed by atoms with E-state index in [2.05, 4.69) is 39.1 Å². The summed E-state index contributed by atoms with van der Waals surface area (Å²) in [6.07, 6.45) is 0. The molecule has 3 amide bonds. The molecule has 0 N–H and O–H groups in total. The molecule has 1 aromatic rings. The Morgan fingerprint density at radius 1 is 1.03 bits per heavy atom. The number of hydrogen-bond acceptors (Lipinski definition) is 7. The molecule has 0 bridgehead atoms. The Hall–Kier alpha value is -3.11. The molecule has 0 aromatic heterocycles. The summed E-state index contributed by atoms with van der Waals surface area (Å²) in [5, 5.41) is 0. The third-order valence-electron chi connectivity index (χ3n) is 6.22. The van der Waals surface area contributed by atoms with E-state index in [0.29, 0.717) is 18.2 Å². The van der Waals surface area contributed by atoms with Crippen molar-refractivity contribution in [3.05, 3.63) is 35.9 Å². The fourth-order valence-electron chi connectivity index (χ4n) is 4.31. The van der Waals surface area contributed by atoms with Crippen LogP contribution < -0.4 is 0 Å². The number of urea groups is 1. The van der Waals surface area contributed by atoms with E-state index in [1.165, 1.54) is 24.6 Å². The number of imide groups is 1. The molecule has 3 aliphatic heterocycles. The lowest BCUT2D eigenvalue weighted by atomic mass is 10.1. The summed E-state index contributed by atoms with van der Waals surface area (Å²) in [7, 11) is 4.35. The Labute approximate surface area is 187 Å². The van der Waals surface area contributed by atoms with Crippen LogP contribution in [0.5, 0.6) is 0 Å². The first-order chi connectivity index (χ1) is 15.4. The number of ether oxygens (including phenoxy) is 1. The van der Waals surface area contributed by atoms with Crippen LogP contribution in [0, 0.1) is 0 Å². The number of carbonyl (C=O) groups excluding carboxylic acids is 3. The zero-order valence-electron chi connectivity index (χ0n) is 18.7. The molecule has 170 valence electrons. The molecule has 0 saturated carbocycles. The van der Waals surface area contributed by atoms with Crippen LogP contribution in [0.3, 0.4) is 0 Å². The van der Waals surface area contributed by atoms with E-state index < -0.39 is 23.9 Å². The van der Waals surface area contributed by atoms with Gasteiger partial charge < -0.3 is 4.74 Å². The fourth-order valence-corrected chi connectivity index (χ4v) is 4.31. The van der Waals surface area contributed by atoms with Crippen molar-refractivity contribution in [2.45, 2.75) is 12.6 Å². The van der Waals surface area contributed by atoms with Crippen molar-refractivity contribution in [1.82, 2.24) is 19.6 Å². The molecule has 0 radical (unpaired) electrons. The summed E-state index contributed by atoms with van der Waals surface area (Å²) in [6.45, 7) is 4.84. The van der Waals surface area contributed by atoms with E-state index in [1.54, 1.807) is 11.6 Å². The van der Waals surface area contributed by atoms with Crippen LogP contribution in [0.15, 0.2) is 35.3 Å². The minimum atomic E-state index is -0.795. The van der Waals surface area contributed by atoms with Gasteiger partial charge >= 0.3 is 17.8 Å². The lowest BCUT2D eigenvalue weighted by Crippen LogP contribution is -2.62. The molecular formula is C22H29N6O4+. The van der Waals surface area contributed by atoms with Crippen molar-refractivity contribution >= 4 is 29.6 Å². The summed E-state index contributed by atoms with van der Waals surface area (Å²) in [5.41, 5.74) is 1.29. The number of esters is 1. The fraction of sp³-hybridized carbons (Fsp3) is 0.500. The molecule has 10 nitrogen and oxygen atoms in total. The SMILES string of the molecule is COC(=O)C[N+]1=C(CN2CCN(Cc3ccccc3)CC2)N=C2C1C(=O)N(C)C(=O)N2C. The normalized spacial score (nSPS) is 22.3. The largest absolute Gasteiger partial charge is 0.466 e. The van der Waals surface area contributed by atoms with Gasteiger partial charge in [0.05, 0.1) is 7.11 Å². The molecule has 3 aliphatic rings. The average Bonchev–Trinajstić information content (AvgIpc) is 3.16. The number of piperazine rings is 1. The van der Waals surface area contributed by atoms with Crippen LogP contribution in [0.1, 0.15) is 5.56 Å². The summed E-state index contributed by atoms with van der Waals surface area (Å²) < 4.78 is 6.51. The highest BCUT2D eigenvalue weighted by molar-refractivity contribution is 6.23. The van der Waals surface area contributed by atoms with Gasteiger partial charge in [-0.05, 0) is 10.6 Å². The lowest BCUT2D eigenvalue weighted by molar-refractivity contribution is -0.527. The van der Waals surface area contributed by atoms with Gasteiger partial charge in [0.2, 0.25) is 0 Å². The Bertz CT molecular complexity index is 968. The average molecular weight is 442 g/mol. The maximum Gasteiger partial charge on any atom is 0.347 e. The summed E-state index contributed by atoms with van der Waals surface area (Å²) >= 11 is 0. The highest BCUT2D eigenvalue weighted by Gasteiger charge is 2.53. The number of carbonyl (C=O) groups is 3. The lowest BCUT2D eigenvalue weighted by Gasteiger charge is -2.33. The Morgan fingerprint density at radius 2 is 1.66 bits per heavy atom. The molecule has 2 fully saturated rings. The number of methoxy groups -OCH3 is 1. The predicted molar refractivity (Wildman–Crippen MR) is 117 cm³/mol. The van der Waals surface area contributed by atoms with Gasteiger partial charge in [-0.1, -0.05) is 30.3 Å². The van der Waals surface area contributed by atoms with Crippen LogP contribution in [0.25, 0.3) is 0 Å². The number of nitrogens with zero attached hydrogens (tertiary/aromatic N) is 6. The van der Waals surface area contributed by atoms with E-state index >= 15 is 0 Å². The van der Waals surface area contributed by atoms with Gasteiger partial charge in [-0.25, -0.2) is 14.2 Å². The molecule has 10 heteroatoms. The number of benzene rings is 1. The molecular weight excluding hydrogens is 412 g/mol. The summed E-state index contributed by atoms with van der Waals surface area (Å²) in [5.74, 6) is 0.120. The van der Waals surface area contributed by atoms with Crippen LogP contribution in [0.2, 0.25) is 0 Å². The van der Waals surface area contributed by atoms with E-state index in [0.717, 1.165) is 37.6 Å². The second-order valence-electron chi connectivity index (χ2n) is 8.27. The van der Waals surface area contributed by atoms with Gasteiger partial charge in [-0.15, -0.1) is 0 Å². The Kier molecular flexibility index (Phi) is 6.33. The first kappa shape index (κ1) is 22.1. The van der Waals surface area contributed by atoms with Crippen LogP contribution >= 0.6 is 0 Å². The number of amidine groups is 2. The summed E-state index contributed by atoms with van der Waals surface area (Å²) in [4.78, 5) is 49.1. The third-order valence-corrected chi connectivity index (χ3v) is 6.22. The van der Waals surface area contributed by atoms with Crippen LogP contribution in [0.4, 0.5) is 4.79 Å². The molecule has 32 heavy (non-hydrogen) atoms. The van der Waals surface area contributed by atoms with E-state index in [-0.39, 0.29) is 6.54 Å². The molecule has 1 aromatic carbocycles. The van der Waals surface area contributed by atoms with E-state index in [1.807, 2.05) is 6.07 Å². The van der Waals surface area contributed by atoms with Gasteiger partial charge in [-0.2, -0.15) is 0 Å². The van der Waals surface area contributed by atoms with Gasteiger partial charge in [0.1, 0.15) is 6.54 Å². The first-order valence-corrected chi connectivity index (χ1v) is 10.7. The highest BCUT2D eigenvalue weighted by atomic mass is 16.5. The van der Waals surface area contributed by atoms with Crippen molar-refractivity contribution in [1.29, 1.82) is 0 Å². The topological polar surface area (TPSA) is 88.8 Å². The monoisotopic (exact) mass is 441 g/mol. The van der Waals surface area contributed by atoms with Crippen molar-refractivity contribution in [2.24, 2.45) is 4.99 Å². The third kappa shape index (κ3) is 4.28. The van der Waals surface area contributed by atoms with Crippen LogP contribution in [-0.4, -0.2) is 120 Å². The minimum Gasteiger partial charge on any atom is -0.466 e. The van der Waals surface area contributed by atoms with E-state index in [9.17, 15) is 14.4 Å². The number of fused-ring (bicyclic) bond motifs is 1. The van der Waals surface area contributed by atoms with Crippen molar-refractivity contribution in [2.75, 3.05) is 60.5 Å².